The number of phenolic OH excluding ortho intramolecular Hbond substituents is 1. The minimum atomic E-state index is -1.12. The number of hydrogen-bond donors (Lipinski definition) is 1. The molecule has 0 aliphatic heterocycles. The van der Waals surface area contributed by atoms with Gasteiger partial charge in [0.1, 0.15) is 5.75 Å². The molecule has 1 aromatic carbocycles. The summed E-state index contributed by atoms with van der Waals surface area (Å²) in [6.45, 7) is 0. The summed E-state index contributed by atoms with van der Waals surface area (Å²) >= 11 is 4.15. The van der Waals surface area contributed by atoms with Crippen LogP contribution in [-0.4, -0.2) is 15.6 Å². The topological polar surface area (TPSA) is 37.3 Å². The summed E-state index contributed by atoms with van der Waals surface area (Å²) < 4.78 is 12.8. The lowest BCUT2D eigenvalue weighted by atomic mass is 10.3. The lowest BCUT2D eigenvalue weighted by molar-refractivity contribution is 0.457. The van der Waals surface area contributed by atoms with Gasteiger partial charge in [-0.05, 0) is 57.3 Å². The zero-order valence-electron chi connectivity index (χ0n) is 6.17. The maximum Gasteiger partial charge on any atom is 0.145 e. The monoisotopic (exact) mass is 408 g/mol. The molecule has 1 unspecified atom stereocenters. The Morgan fingerprint density at radius 1 is 1.42 bits per heavy atom. The lowest BCUT2D eigenvalue weighted by Gasteiger charge is -2.03. The summed E-state index contributed by atoms with van der Waals surface area (Å²) in [5.41, 5.74) is 0. The van der Waals surface area contributed by atoms with Crippen molar-refractivity contribution in [3.8, 4) is 5.75 Å². The summed E-state index contributed by atoms with van der Waals surface area (Å²) in [5, 5.41) is 9.49. The van der Waals surface area contributed by atoms with Gasteiger partial charge in [0.25, 0.3) is 0 Å². The number of rotatable bonds is 1. The van der Waals surface area contributed by atoms with E-state index in [0.29, 0.717) is 4.90 Å². The van der Waals surface area contributed by atoms with Crippen molar-refractivity contribution >= 4 is 56.0 Å². The molecule has 66 valence electrons. The zero-order valence-corrected chi connectivity index (χ0v) is 11.3. The first-order valence-electron chi connectivity index (χ1n) is 3.04. The third-order valence-corrected chi connectivity index (χ3v) is 3.68. The highest BCUT2D eigenvalue weighted by Crippen LogP contribution is 2.28. The van der Waals surface area contributed by atoms with Crippen molar-refractivity contribution in [3.05, 3.63) is 19.3 Å². The molecular formula is C7H6I2O2S. The van der Waals surface area contributed by atoms with Gasteiger partial charge in [-0.1, -0.05) is 0 Å². The van der Waals surface area contributed by atoms with Gasteiger partial charge in [-0.25, -0.2) is 0 Å². The summed E-state index contributed by atoms with van der Waals surface area (Å²) in [5.74, 6) is 0.136. The Morgan fingerprint density at radius 3 is 2.50 bits per heavy atom. The van der Waals surface area contributed by atoms with Crippen LogP contribution >= 0.6 is 45.2 Å². The molecular weight excluding hydrogens is 402 g/mol. The van der Waals surface area contributed by atoms with Gasteiger partial charge in [0.15, 0.2) is 0 Å². The number of benzene rings is 1. The molecule has 1 rings (SSSR count). The minimum absolute atomic E-state index is 0.136. The maximum absolute atomic E-state index is 11.1. The average molecular weight is 408 g/mol. The van der Waals surface area contributed by atoms with Crippen LogP contribution < -0.4 is 0 Å². The fourth-order valence-electron chi connectivity index (χ4n) is 0.762. The fourth-order valence-corrected chi connectivity index (χ4v) is 3.68. The van der Waals surface area contributed by atoms with Crippen LogP contribution in [-0.2, 0) is 10.8 Å². The van der Waals surface area contributed by atoms with Gasteiger partial charge >= 0.3 is 0 Å². The van der Waals surface area contributed by atoms with E-state index in [0.717, 1.165) is 7.14 Å². The Bertz CT molecular complexity index is 338. The quantitative estimate of drug-likeness (QED) is 0.725. The van der Waals surface area contributed by atoms with Crippen LogP contribution in [0.5, 0.6) is 5.75 Å². The zero-order chi connectivity index (χ0) is 9.30. The highest BCUT2D eigenvalue weighted by Gasteiger charge is 2.09. The Morgan fingerprint density at radius 2 is 2.00 bits per heavy atom. The number of aromatic hydroxyl groups is 1. The molecule has 1 atom stereocenters. The van der Waals surface area contributed by atoms with E-state index in [9.17, 15) is 9.32 Å². The van der Waals surface area contributed by atoms with Crippen molar-refractivity contribution in [2.75, 3.05) is 6.26 Å². The average Bonchev–Trinajstić information content (AvgIpc) is 1.96. The van der Waals surface area contributed by atoms with Crippen molar-refractivity contribution in [3.63, 3.8) is 0 Å². The van der Waals surface area contributed by atoms with E-state index >= 15 is 0 Å². The van der Waals surface area contributed by atoms with E-state index in [-0.39, 0.29) is 5.75 Å². The summed E-state index contributed by atoms with van der Waals surface area (Å²) in [6, 6.07) is 3.57. The van der Waals surface area contributed by atoms with Crippen molar-refractivity contribution in [2.45, 2.75) is 4.90 Å². The molecule has 5 heteroatoms. The van der Waals surface area contributed by atoms with Gasteiger partial charge in [0, 0.05) is 9.83 Å². The van der Waals surface area contributed by atoms with E-state index in [1.165, 1.54) is 0 Å². The molecule has 0 amide bonds. The molecule has 0 radical (unpaired) electrons. The second-order valence-electron chi connectivity index (χ2n) is 2.19. The summed E-state index contributed by atoms with van der Waals surface area (Å²) in [7, 11) is -1.12. The Hall–Kier alpha value is 0.630. The second-order valence-corrected chi connectivity index (χ2v) is 5.94. The molecule has 0 aliphatic rings. The van der Waals surface area contributed by atoms with Crippen LogP contribution in [0.2, 0.25) is 0 Å². The van der Waals surface area contributed by atoms with Gasteiger partial charge < -0.3 is 5.11 Å². The summed E-state index contributed by atoms with van der Waals surface area (Å²) in [4.78, 5) is 0.506. The molecule has 0 spiro atoms. The predicted octanol–water partition coefficient (Wildman–Crippen LogP) is 2.34. The van der Waals surface area contributed by atoms with Gasteiger partial charge in [0.05, 0.1) is 19.3 Å². The first-order chi connectivity index (χ1) is 5.52. The van der Waals surface area contributed by atoms with Crippen LogP contribution in [0.1, 0.15) is 0 Å². The van der Waals surface area contributed by atoms with Crippen molar-refractivity contribution < 1.29 is 9.32 Å². The van der Waals surface area contributed by atoms with Crippen molar-refractivity contribution in [1.29, 1.82) is 0 Å². The third kappa shape index (κ3) is 2.32. The molecule has 0 saturated heterocycles. The number of hydrogen-bond acceptors (Lipinski definition) is 2. The molecule has 12 heavy (non-hydrogen) atoms. The Labute approximate surface area is 100 Å². The molecule has 2 nitrogen and oxygen atoms in total. The maximum atomic E-state index is 11.1. The third-order valence-electron chi connectivity index (χ3n) is 1.30. The van der Waals surface area contributed by atoms with E-state index in [2.05, 4.69) is 22.6 Å². The normalized spacial score (nSPS) is 12.9. The van der Waals surface area contributed by atoms with Crippen molar-refractivity contribution in [2.24, 2.45) is 0 Å². The molecule has 1 N–H and O–H groups in total. The van der Waals surface area contributed by atoms with Crippen LogP contribution in [0.4, 0.5) is 0 Å². The largest absolute Gasteiger partial charge is 0.506 e. The van der Waals surface area contributed by atoms with Gasteiger partial charge in [-0.15, -0.1) is 0 Å². The van der Waals surface area contributed by atoms with Crippen LogP contribution in [0.15, 0.2) is 17.0 Å². The lowest BCUT2D eigenvalue weighted by Crippen LogP contribution is -1.91. The SMILES string of the molecule is CS(=O)c1cc(I)cc(I)c1O. The molecule has 0 fully saturated rings. The highest BCUT2D eigenvalue weighted by molar-refractivity contribution is 14.1. The first kappa shape index (κ1) is 10.7. The van der Waals surface area contributed by atoms with E-state index < -0.39 is 10.8 Å². The standard InChI is InChI=1S/C7H6I2O2S/c1-12(11)6-3-4(8)2-5(9)7(6)10/h2-3,10H,1H3. The molecule has 0 bridgehead atoms. The minimum Gasteiger partial charge on any atom is -0.506 e. The van der Waals surface area contributed by atoms with Gasteiger partial charge in [-0.2, -0.15) is 0 Å². The molecule has 0 aliphatic carbocycles. The number of halogens is 2. The molecule has 1 aromatic rings. The van der Waals surface area contributed by atoms with Gasteiger partial charge in [0.2, 0.25) is 0 Å². The van der Waals surface area contributed by atoms with Crippen LogP contribution in [0.25, 0.3) is 0 Å². The Balaban J connectivity index is 3.37. The molecule has 0 heterocycles. The first-order valence-corrected chi connectivity index (χ1v) is 6.75. The smallest absolute Gasteiger partial charge is 0.145 e. The second kappa shape index (κ2) is 4.23. The highest BCUT2D eigenvalue weighted by atomic mass is 127. The van der Waals surface area contributed by atoms with E-state index in [4.69, 9.17) is 0 Å². The fraction of sp³-hybridized carbons (Fsp3) is 0.143. The molecule has 0 aromatic heterocycles. The summed E-state index contributed by atoms with van der Waals surface area (Å²) in [6.07, 6.45) is 1.56. The van der Waals surface area contributed by atoms with E-state index in [1.807, 2.05) is 28.7 Å². The van der Waals surface area contributed by atoms with Crippen LogP contribution in [0, 0.1) is 7.14 Å². The van der Waals surface area contributed by atoms with Crippen molar-refractivity contribution in [1.82, 2.24) is 0 Å². The predicted molar refractivity (Wildman–Crippen MR) is 65.9 cm³/mol. The van der Waals surface area contributed by atoms with Crippen LogP contribution in [0.3, 0.4) is 0 Å². The Kier molecular flexibility index (Phi) is 3.77. The van der Waals surface area contributed by atoms with Gasteiger partial charge in [-0.3, -0.25) is 4.21 Å². The number of phenols is 1. The molecule has 0 saturated carbocycles. The van der Waals surface area contributed by atoms with E-state index in [1.54, 1.807) is 12.3 Å².